The van der Waals surface area contributed by atoms with Gasteiger partial charge in [-0.15, -0.1) is 0 Å². The van der Waals surface area contributed by atoms with Gasteiger partial charge in [-0.1, -0.05) is 11.6 Å². The van der Waals surface area contributed by atoms with E-state index in [9.17, 15) is 4.39 Å². The normalized spacial score (nSPS) is 18.0. The highest BCUT2D eigenvalue weighted by atomic mass is 35.5. The molecule has 0 heterocycles. The van der Waals surface area contributed by atoms with Crippen LogP contribution in [0, 0.1) is 5.82 Å². The van der Waals surface area contributed by atoms with E-state index in [0.29, 0.717) is 11.3 Å². The van der Waals surface area contributed by atoms with E-state index in [2.05, 4.69) is 0 Å². The predicted octanol–water partition coefficient (Wildman–Crippen LogP) is 2.44. The van der Waals surface area contributed by atoms with Crippen molar-refractivity contribution in [2.75, 3.05) is 7.11 Å². The zero-order valence-electron chi connectivity index (χ0n) is 7.81. The molecule has 14 heavy (non-hydrogen) atoms. The van der Waals surface area contributed by atoms with Gasteiger partial charge in [-0.2, -0.15) is 0 Å². The molecule has 76 valence electrons. The summed E-state index contributed by atoms with van der Waals surface area (Å²) >= 11 is 5.72. The fourth-order valence-corrected chi connectivity index (χ4v) is 1.66. The van der Waals surface area contributed by atoms with Gasteiger partial charge >= 0.3 is 0 Å². The molecule has 4 heteroatoms. The lowest BCUT2D eigenvalue weighted by Gasteiger charge is -2.13. The van der Waals surface area contributed by atoms with Crippen LogP contribution in [0.1, 0.15) is 18.4 Å². The highest BCUT2D eigenvalue weighted by Crippen LogP contribution is 2.45. The minimum Gasteiger partial charge on any atom is -0.497 e. The van der Waals surface area contributed by atoms with Crippen molar-refractivity contribution in [2.45, 2.75) is 18.4 Å². The minimum atomic E-state index is -0.526. The fraction of sp³-hybridized carbons (Fsp3) is 0.400. The Kier molecular flexibility index (Phi) is 2.16. The smallest absolute Gasteiger partial charge is 0.147 e. The van der Waals surface area contributed by atoms with Crippen LogP contribution in [0.15, 0.2) is 12.1 Å². The van der Waals surface area contributed by atoms with Crippen molar-refractivity contribution in [3.63, 3.8) is 0 Å². The number of hydrogen-bond acceptors (Lipinski definition) is 2. The Labute approximate surface area is 86.8 Å². The van der Waals surface area contributed by atoms with Crippen molar-refractivity contribution >= 4 is 11.6 Å². The highest BCUT2D eigenvalue weighted by molar-refractivity contribution is 6.31. The van der Waals surface area contributed by atoms with Crippen LogP contribution in [0.2, 0.25) is 5.02 Å². The SMILES string of the molecule is COc1cc(Cl)c(F)c(C2(N)CC2)c1. The summed E-state index contributed by atoms with van der Waals surface area (Å²) in [5, 5.41) is 0.0658. The lowest BCUT2D eigenvalue weighted by atomic mass is 10.0. The monoisotopic (exact) mass is 215 g/mol. The second-order valence-corrected chi connectivity index (χ2v) is 4.03. The quantitative estimate of drug-likeness (QED) is 0.823. The first-order valence-electron chi connectivity index (χ1n) is 4.39. The summed E-state index contributed by atoms with van der Waals surface area (Å²) in [6.45, 7) is 0. The molecule has 0 amide bonds. The van der Waals surface area contributed by atoms with Crippen molar-refractivity contribution in [1.29, 1.82) is 0 Å². The third kappa shape index (κ3) is 1.47. The van der Waals surface area contributed by atoms with Crippen LogP contribution < -0.4 is 10.5 Å². The van der Waals surface area contributed by atoms with Crippen LogP contribution in [0.25, 0.3) is 0 Å². The van der Waals surface area contributed by atoms with Gasteiger partial charge in [0.25, 0.3) is 0 Å². The molecule has 0 atom stereocenters. The van der Waals surface area contributed by atoms with Crippen molar-refractivity contribution < 1.29 is 9.13 Å². The second kappa shape index (κ2) is 3.11. The molecule has 1 aromatic rings. The Hall–Kier alpha value is -0.800. The van der Waals surface area contributed by atoms with Crippen LogP contribution in [0.5, 0.6) is 5.75 Å². The van der Waals surface area contributed by atoms with Crippen molar-refractivity contribution in [3.8, 4) is 5.75 Å². The summed E-state index contributed by atoms with van der Waals surface area (Å²) < 4.78 is 18.6. The summed E-state index contributed by atoms with van der Waals surface area (Å²) in [6.07, 6.45) is 1.60. The van der Waals surface area contributed by atoms with E-state index in [4.69, 9.17) is 22.1 Å². The number of hydrogen-bond donors (Lipinski definition) is 1. The van der Waals surface area contributed by atoms with Crippen molar-refractivity contribution in [2.24, 2.45) is 5.73 Å². The second-order valence-electron chi connectivity index (χ2n) is 3.63. The fourth-order valence-electron chi connectivity index (χ4n) is 1.45. The first kappa shape index (κ1) is 9.74. The molecule has 1 aromatic carbocycles. The van der Waals surface area contributed by atoms with E-state index in [1.165, 1.54) is 13.2 Å². The van der Waals surface area contributed by atoms with Gasteiger partial charge in [-0.25, -0.2) is 4.39 Å². The molecule has 1 aliphatic carbocycles. The molecular weight excluding hydrogens is 205 g/mol. The molecule has 0 radical (unpaired) electrons. The molecule has 1 fully saturated rings. The number of methoxy groups -OCH3 is 1. The lowest BCUT2D eigenvalue weighted by Crippen LogP contribution is -2.20. The summed E-state index contributed by atoms with van der Waals surface area (Å²) in [7, 11) is 1.52. The molecule has 2 nitrogen and oxygen atoms in total. The number of nitrogens with two attached hydrogens (primary N) is 1. The van der Waals surface area contributed by atoms with Gasteiger partial charge in [0.1, 0.15) is 11.6 Å². The first-order chi connectivity index (χ1) is 6.57. The summed E-state index contributed by atoms with van der Waals surface area (Å²) in [4.78, 5) is 0. The average Bonchev–Trinajstić information content (AvgIpc) is 2.89. The van der Waals surface area contributed by atoms with Gasteiger partial charge in [0.15, 0.2) is 0 Å². The van der Waals surface area contributed by atoms with E-state index >= 15 is 0 Å². The maximum atomic E-state index is 13.6. The maximum absolute atomic E-state index is 13.6. The number of benzene rings is 1. The van der Waals surface area contributed by atoms with E-state index < -0.39 is 11.4 Å². The molecular formula is C10H11ClFNO. The Morgan fingerprint density at radius 2 is 2.14 bits per heavy atom. The Morgan fingerprint density at radius 3 is 2.64 bits per heavy atom. The van der Waals surface area contributed by atoms with Crippen LogP contribution in [-0.2, 0) is 5.54 Å². The Balaban J connectivity index is 2.52. The molecule has 2 N–H and O–H groups in total. The number of halogens is 2. The molecule has 0 unspecified atom stereocenters. The van der Waals surface area contributed by atoms with Crippen LogP contribution in [-0.4, -0.2) is 7.11 Å². The Bertz CT molecular complexity index is 377. The maximum Gasteiger partial charge on any atom is 0.147 e. The van der Waals surface area contributed by atoms with E-state index in [1.54, 1.807) is 6.07 Å². The first-order valence-corrected chi connectivity index (χ1v) is 4.77. The molecule has 0 bridgehead atoms. The van der Waals surface area contributed by atoms with Gasteiger partial charge in [0.05, 0.1) is 12.1 Å². The van der Waals surface area contributed by atoms with Gasteiger partial charge in [-0.05, 0) is 18.9 Å². The molecule has 1 saturated carbocycles. The number of rotatable bonds is 2. The van der Waals surface area contributed by atoms with Crippen LogP contribution >= 0.6 is 11.6 Å². The molecule has 0 aliphatic heterocycles. The van der Waals surface area contributed by atoms with Crippen LogP contribution in [0.4, 0.5) is 4.39 Å². The van der Waals surface area contributed by atoms with Gasteiger partial charge in [0.2, 0.25) is 0 Å². The molecule has 1 aliphatic rings. The van der Waals surface area contributed by atoms with Gasteiger partial charge in [0, 0.05) is 17.2 Å². The average molecular weight is 216 g/mol. The zero-order chi connectivity index (χ0) is 10.3. The summed E-state index contributed by atoms with van der Waals surface area (Å²) in [5.74, 6) is 0.121. The van der Waals surface area contributed by atoms with Gasteiger partial charge in [-0.3, -0.25) is 0 Å². The predicted molar refractivity (Wildman–Crippen MR) is 53.1 cm³/mol. The summed E-state index contributed by atoms with van der Waals surface area (Å²) in [6, 6.07) is 3.07. The third-order valence-electron chi connectivity index (χ3n) is 2.56. The molecule has 2 rings (SSSR count). The third-order valence-corrected chi connectivity index (χ3v) is 2.84. The Morgan fingerprint density at radius 1 is 1.50 bits per heavy atom. The lowest BCUT2D eigenvalue weighted by molar-refractivity contribution is 0.411. The highest BCUT2D eigenvalue weighted by Gasteiger charge is 2.42. The van der Waals surface area contributed by atoms with Crippen molar-refractivity contribution in [1.82, 2.24) is 0 Å². The molecule has 0 aromatic heterocycles. The topological polar surface area (TPSA) is 35.2 Å². The molecule has 0 saturated heterocycles. The molecule has 0 spiro atoms. The number of ether oxygens (including phenoxy) is 1. The van der Waals surface area contributed by atoms with Crippen LogP contribution in [0.3, 0.4) is 0 Å². The van der Waals surface area contributed by atoms with E-state index in [-0.39, 0.29) is 5.02 Å². The van der Waals surface area contributed by atoms with E-state index in [0.717, 1.165) is 12.8 Å². The standard InChI is InChI=1S/C10H11ClFNO/c1-14-6-4-7(10(13)2-3-10)9(12)8(11)5-6/h4-5H,2-3,13H2,1H3. The zero-order valence-corrected chi connectivity index (χ0v) is 8.57. The van der Waals surface area contributed by atoms with Gasteiger partial charge < -0.3 is 10.5 Å². The van der Waals surface area contributed by atoms with E-state index in [1.807, 2.05) is 0 Å². The minimum absolute atomic E-state index is 0.0658. The largest absolute Gasteiger partial charge is 0.497 e. The van der Waals surface area contributed by atoms with Crippen molar-refractivity contribution in [3.05, 3.63) is 28.5 Å². The summed E-state index contributed by atoms with van der Waals surface area (Å²) in [5.41, 5.74) is 5.84.